The summed E-state index contributed by atoms with van der Waals surface area (Å²) in [7, 11) is 1.68. The van der Waals surface area contributed by atoms with Gasteiger partial charge in [0.05, 0.1) is 23.3 Å². The van der Waals surface area contributed by atoms with Crippen molar-refractivity contribution in [2.75, 3.05) is 13.7 Å². The predicted octanol–water partition coefficient (Wildman–Crippen LogP) is 8.46. The van der Waals surface area contributed by atoms with Crippen LogP contribution in [0, 0.1) is 19.3 Å². The summed E-state index contributed by atoms with van der Waals surface area (Å²) in [4.78, 5) is 24.1. The number of pyridine rings is 2. The zero-order valence-corrected chi connectivity index (χ0v) is 36.4. The van der Waals surface area contributed by atoms with Crippen LogP contribution in [0.1, 0.15) is 55.6 Å². The number of carbonyl (C=O) groups is 1. The summed E-state index contributed by atoms with van der Waals surface area (Å²) in [5.41, 5.74) is 10.0. The second-order valence-corrected chi connectivity index (χ2v) is 15.3. The Bertz CT molecular complexity index is 2610. The number of aliphatic hydroxyl groups is 2. The first kappa shape index (κ1) is 46.2. The summed E-state index contributed by atoms with van der Waals surface area (Å²) in [5, 5.41) is 40.0. The van der Waals surface area contributed by atoms with Crippen LogP contribution in [0.5, 0.6) is 23.0 Å². The van der Waals surface area contributed by atoms with Crippen LogP contribution in [0.15, 0.2) is 103 Å². The van der Waals surface area contributed by atoms with Gasteiger partial charge < -0.3 is 39.7 Å². The van der Waals surface area contributed by atoms with E-state index < -0.39 is 18.6 Å². The van der Waals surface area contributed by atoms with E-state index in [1.165, 1.54) is 6.21 Å². The lowest BCUT2D eigenvalue weighted by molar-refractivity contribution is -0.140. The maximum Gasteiger partial charge on any atom is 0.323 e. The molecule has 0 spiro atoms. The number of ether oxygens (including phenoxy) is 4. The highest BCUT2D eigenvalue weighted by molar-refractivity contribution is 6.32. The topological polar surface area (TPSA) is 189 Å². The van der Waals surface area contributed by atoms with E-state index in [9.17, 15) is 20.1 Å². The quantitative estimate of drug-likeness (QED) is 0.0436. The van der Waals surface area contributed by atoms with Gasteiger partial charge in [0.2, 0.25) is 0 Å². The number of nitrogens with zero attached hydrogens (tertiary/aromatic N) is 3. The fourth-order valence-electron chi connectivity index (χ4n) is 6.73. The normalized spacial score (nSPS) is 11.7. The Balaban J connectivity index is 1.19. The first-order chi connectivity index (χ1) is 30.5. The molecule has 13 nitrogen and oxygen atoms in total. The van der Waals surface area contributed by atoms with Crippen LogP contribution in [0.2, 0.25) is 10.0 Å². The van der Waals surface area contributed by atoms with Crippen molar-refractivity contribution in [1.29, 1.82) is 5.41 Å². The summed E-state index contributed by atoms with van der Waals surface area (Å²) in [6.07, 6.45) is 9.53. The number of carboxylic acids is 1. The smallest absolute Gasteiger partial charge is 0.323 e. The molecule has 1 atom stereocenters. The molecule has 5 N–H and O–H groups in total. The minimum Gasteiger partial charge on any atom is -0.488 e. The van der Waals surface area contributed by atoms with Crippen LogP contribution in [0.4, 0.5) is 0 Å². The Morgan fingerprint density at radius 3 is 1.73 bits per heavy atom. The SMILES string of the molecule is C/N=C/c1cncc(COc2cc(OCc3cccc(-c4cccc(COc5cc(OCc6cncc(C=N)c6)c(CO)cc5Cl)c4C)c3C)c(Cl)cc2CNC(CO)C(=O)O)c1. The molecule has 63 heavy (non-hydrogen) atoms. The number of aliphatic carboxylic acids is 1. The van der Waals surface area contributed by atoms with E-state index in [-0.39, 0.29) is 39.6 Å². The number of halogens is 2. The Morgan fingerprint density at radius 1 is 0.714 bits per heavy atom. The first-order valence-corrected chi connectivity index (χ1v) is 20.6. The van der Waals surface area contributed by atoms with Crippen LogP contribution >= 0.6 is 23.2 Å². The Hall–Kier alpha value is -6.35. The Morgan fingerprint density at radius 2 is 1.22 bits per heavy atom. The van der Waals surface area contributed by atoms with Gasteiger partial charge in [0.25, 0.3) is 0 Å². The fourth-order valence-corrected chi connectivity index (χ4v) is 7.22. The summed E-state index contributed by atoms with van der Waals surface area (Å²) >= 11 is 13.4. The largest absolute Gasteiger partial charge is 0.488 e. The van der Waals surface area contributed by atoms with Crippen molar-refractivity contribution in [2.45, 2.75) is 59.5 Å². The lowest BCUT2D eigenvalue weighted by Crippen LogP contribution is -2.39. The van der Waals surface area contributed by atoms with Crippen molar-refractivity contribution in [3.05, 3.63) is 163 Å². The molecule has 0 aliphatic carbocycles. The maximum atomic E-state index is 11.6. The van der Waals surface area contributed by atoms with E-state index in [0.717, 1.165) is 50.1 Å². The van der Waals surface area contributed by atoms with Gasteiger partial charge in [0.15, 0.2) is 0 Å². The van der Waals surface area contributed by atoms with Crippen LogP contribution in [0.25, 0.3) is 11.1 Å². The molecule has 0 amide bonds. The molecular weight excluding hydrogens is 845 g/mol. The van der Waals surface area contributed by atoms with Gasteiger partial charge in [-0.25, -0.2) is 0 Å². The summed E-state index contributed by atoms with van der Waals surface area (Å²) in [6.45, 7) is 3.98. The highest BCUT2D eigenvalue weighted by atomic mass is 35.5. The molecule has 6 rings (SSSR count). The van der Waals surface area contributed by atoms with Gasteiger partial charge in [-0.2, -0.15) is 0 Å². The summed E-state index contributed by atoms with van der Waals surface area (Å²) in [6, 6.07) is 21.2. The van der Waals surface area contributed by atoms with Gasteiger partial charge in [-0.05, 0) is 71.5 Å². The standard InChI is InChI=1S/C48H47Cl2N5O8/c1-29-35(27-62-46-14-44(60-26-34-11-32(17-52-3)19-54-21-34)37(12-41(46)49)22-55-43(24-57)48(58)59)6-4-8-39(29)40-9-5-7-36(30(40)2)28-63-47-15-45(38(23-56)13-42(47)50)61-25-33-10-31(16-51)18-53-20-33/h4-21,43,51,55-57H,22-28H2,1-3H3,(H,58,59)/b51-16?,52-17+. The number of hydrogen-bond acceptors (Lipinski definition) is 12. The van der Waals surface area contributed by atoms with Crippen molar-refractivity contribution >= 4 is 41.6 Å². The van der Waals surface area contributed by atoms with Crippen LogP contribution < -0.4 is 24.3 Å². The number of aromatic nitrogens is 2. The second-order valence-electron chi connectivity index (χ2n) is 14.5. The molecule has 0 radical (unpaired) electrons. The summed E-state index contributed by atoms with van der Waals surface area (Å²) in [5.74, 6) is 0.410. The van der Waals surface area contributed by atoms with E-state index in [1.54, 1.807) is 68.4 Å². The van der Waals surface area contributed by atoms with Crippen LogP contribution in [-0.2, 0) is 44.4 Å². The van der Waals surface area contributed by atoms with Gasteiger partial charge in [-0.15, -0.1) is 0 Å². The second kappa shape index (κ2) is 22.1. The molecule has 326 valence electrons. The molecule has 0 saturated heterocycles. The fraction of sp³-hybridized carbons (Fsp3) is 0.229. The van der Waals surface area contributed by atoms with E-state index in [4.69, 9.17) is 47.6 Å². The number of rotatable bonds is 21. The highest BCUT2D eigenvalue weighted by Gasteiger charge is 2.19. The molecule has 0 bridgehead atoms. The molecule has 2 aromatic heterocycles. The average Bonchev–Trinajstić information content (AvgIpc) is 3.28. The van der Waals surface area contributed by atoms with Gasteiger partial charge >= 0.3 is 5.97 Å². The predicted molar refractivity (Wildman–Crippen MR) is 243 cm³/mol. The number of hydrogen-bond donors (Lipinski definition) is 5. The average molecular weight is 893 g/mol. The molecule has 4 aromatic carbocycles. The van der Waals surface area contributed by atoms with Crippen LogP contribution in [0.3, 0.4) is 0 Å². The van der Waals surface area contributed by atoms with E-state index >= 15 is 0 Å². The molecule has 0 aliphatic rings. The molecule has 6 aromatic rings. The maximum absolute atomic E-state index is 11.6. The minimum absolute atomic E-state index is 0.0533. The van der Waals surface area contributed by atoms with Crippen LogP contribution in [-0.4, -0.2) is 63.4 Å². The lowest BCUT2D eigenvalue weighted by Gasteiger charge is -2.19. The minimum atomic E-state index is -1.19. The molecular formula is C48H47Cl2N5O8. The number of aliphatic imine (C=N–C) groups is 1. The third kappa shape index (κ3) is 12.0. The van der Waals surface area contributed by atoms with Gasteiger partial charge in [0.1, 0.15) is 55.5 Å². The first-order valence-electron chi connectivity index (χ1n) is 19.8. The van der Waals surface area contributed by atoms with E-state index in [2.05, 4.69) is 32.4 Å². The van der Waals surface area contributed by atoms with Crippen molar-refractivity contribution < 1.29 is 39.1 Å². The summed E-state index contributed by atoms with van der Waals surface area (Å²) < 4.78 is 24.9. The third-order valence-electron chi connectivity index (χ3n) is 10.2. The zero-order chi connectivity index (χ0) is 44.9. The molecule has 15 heteroatoms. The van der Waals surface area contributed by atoms with Crippen molar-refractivity contribution in [3.8, 4) is 34.1 Å². The van der Waals surface area contributed by atoms with E-state index in [0.29, 0.717) is 49.7 Å². The zero-order valence-electron chi connectivity index (χ0n) is 34.9. The van der Waals surface area contributed by atoms with Gasteiger partial charge in [-0.3, -0.25) is 25.1 Å². The molecule has 0 aliphatic heterocycles. The van der Waals surface area contributed by atoms with Crippen molar-refractivity contribution in [1.82, 2.24) is 15.3 Å². The van der Waals surface area contributed by atoms with Gasteiger partial charge in [-0.1, -0.05) is 59.6 Å². The van der Waals surface area contributed by atoms with Crippen molar-refractivity contribution in [3.63, 3.8) is 0 Å². The number of nitrogens with one attached hydrogen (secondary N) is 2. The third-order valence-corrected chi connectivity index (χ3v) is 10.8. The number of aliphatic hydroxyl groups excluding tert-OH is 2. The number of benzene rings is 4. The molecule has 0 fully saturated rings. The number of carboxylic acid groups (broad SMARTS) is 1. The van der Waals surface area contributed by atoms with E-state index in [1.807, 2.05) is 44.2 Å². The molecule has 0 saturated carbocycles. The molecule has 1 unspecified atom stereocenters. The van der Waals surface area contributed by atoms with Crippen molar-refractivity contribution in [2.24, 2.45) is 4.99 Å². The Labute approximate surface area is 375 Å². The Kier molecular flexibility index (Phi) is 16.2. The lowest BCUT2D eigenvalue weighted by atomic mass is 9.92. The highest BCUT2D eigenvalue weighted by Crippen LogP contribution is 2.37. The molecule has 2 heterocycles. The monoisotopic (exact) mass is 891 g/mol. The van der Waals surface area contributed by atoms with Gasteiger partial charge in [0, 0.05) is 96.3 Å².